The van der Waals surface area contributed by atoms with E-state index in [4.69, 9.17) is 14.2 Å². The third-order valence-corrected chi connectivity index (χ3v) is 11.6. The van der Waals surface area contributed by atoms with Gasteiger partial charge in [-0.3, -0.25) is 9.59 Å². The minimum Gasteiger partial charge on any atom is -0.504 e. The number of aliphatic carboxylic acids is 1. The van der Waals surface area contributed by atoms with Crippen LogP contribution in [0.3, 0.4) is 0 Å². The monoisotopic (exact) mass is 554 g/mol. The number of fused-ring (bicyclic) bond motifs is 7. The molecule has 7 nitrogen and oxygen atoms in total. The molecule has 0 heterocycles. The Morgan fingerprint density at radius 3 is 2.45 bits per heavy atom. The molecule has 1 aromatic carbocycles. The zero-order valence-electron chi connectivity index (χ0n) is 25.2. The highest BCUT2D eigenvalue weighted by Crippen LogP contribution is 2.71. The molecule has 3 fully saturated rings. The molecule has 4 aliphatic rings. The second-order valence-electron chi connectivity index (χ2n) is 14.1. The van der Waals surface area contributed by atoms with Gasteiger partial charge in [0.25, 0.3) is 0 Å². The Bertz CT molecular complexity index is 1250. The molecule has 40 heavy (non-hydrogen) atoms. The van der Waals surface area contributed by atoms with Crippen molar-refractivity contribution in [3.05, 3.63) is 34.4 Å². The van der Waals surface area contributed by atoms with Gasteiger partial charge in [0.15, 0.2) is 24.1 Å². The van der Waals surface area contributed by atoms with Crippen LogP contribution >= 0.6 is 0 Å². The zero-order chi connectivity index (χ0) is 29.3. The van der Waals surface area contributed by atoms with Gasteiger partial charge in [-0.05, 0) is 104 Å². The van der Waals surface area contributed by atoms with Crippen molar-refractivity contribution in [3.8, 4) is 11.5 Å². The summed E-state index contributed by atoms with van der Waals surface area (Å²) in [6, 6.07) is 1.74. The van der Waals surface area contributed by atoms with E-state index in [1.807, 2.05) is 19.9 Å². The molecule has 0 bridgehead atoms. The number of phenolic OH excluding ortho intramolecular Hbond substituents is 1. The summed E-state index contributed by atoms with van der Waals surface area (Å²) in [5, 5.41) is 21.2. The Balaban J connectivity index is 1.54. The second kappa shape index (κ2) is 9.87. The molecular formula is C33H46O7. The summed E-state index contributed by atoms with van der Waals surface area (Å²) >= 11 is 0. The molecule has 0 radical (unpaired) electrons. The lowest BCUT2D eigenvalue weighted by atomic mass is 9.38. The van der Waals surface area contributed by atoms with Crippen LogP contribution in [0.25, 0.3) is 0 Å². The highest BCUT2D eigenvalue weighted by atomic mass is 16.7. The van der Waals surface area contributed by atoms with E-state index in [2.05, 4.69) is 27.7 Å². The van der Waals surface area contributed by atoms with Crippen LogP contribution in [-0.2, 0) is 19.7 Å². The first-order chi connectivity index (χ1) is 18.7. The van der Waals surface area contributed by atoms with Crippen LogP contribution in [-0.4, -0.2) is 49.1 Å². The van der Waals surface area contributed by atoms with Crippen LogP contribution in [0.4, 0.5) is 0 Å². The van der Waals surface area contributed by atoms with Gasteiger partial charge in [0, 0.05) is 23.7 Å². The summed E-state index contributed by atoms with van der Waals surface area (Å²) in [6.45, 7) is 13.8. The van der Waals surface area contributed by atoms with Gasteiger partial charge in [0.05, 0.1) is 18.6 Å². The quantitative estimate of drug-likeness (QED) is 0.296. The summed E-state index contributed by atoms with van der Waals surface area (Å²) in [5.41, 5.74) is 2.03. The van der Waals surface area contributed by atoms with E-state index < -0.39 is 16.8 Å². The van der Waals surface area contributed by atoms with Crippen LogP contribution in [0.15, 0.2) is 17.7 Å². The molecule has 220 valence electrons. The molecule has 5 rings (SSSR count). The smallest absolute Gasteiger partial charge is 0.309 e. The number of hydrogen-bond acceptors (Lipinski definition) is 6. The Labute approximate surface area is 238 Å². The second-order valence-corrected chi connectivity index (χ2v) is 14.1. The van der Waals surface area contributed by atoms with Crippen molar-refractivity contribution < 1.29 is 34.0 Å². The van der Waals surface area contributed by atoms with Crippen molar-refractivity contribution in [1.82, 2.24) is 0 Å². The molecule has 4 aliphatic carbocycles. The van der Waals surface area contributed by atoms with Crippen molar-refractivity contribution in [2.75, 3.05) is 27.1 Å². The van der Waals surface area contributed by atoms with Crippen LogP contribution in [0.5, 0.6) is 11.5 Å². The summed E-state index contributed by atoms with van der Waals surface area (Å²) in [5.74, 6) is 0.448. The van der Waals surface area contributed by atoms with Gasteiger partial charge < -0.3 is 24.4 Å². The Kier molecular flexibility index (Phi) is 7.18. The number of aromatic hydroxyl groups is 1. The zero-order valence-corrected chi connectivity index (χ0v) is 25.2. The van der Waals surface area contributed by atoms with Crippen molar-refractivity contribution in [2.45, 2.75) is 85.5 Å². The lowest BCUT2D eigenvalue weighted by Crippen LogP contribution is -2.60. The van der Waals surface area contributed by atoms with E-state index in [0.29, 0.717) is 42.6 Å². The fourth-order valence-corrected chi connectivity index (χ4v) is 9.45. The van der Waals surface area contributed by atoms with E-state index in [9.17, 15) is 19.8 Å². The number of ether oxygens (including phenoxy) is 3. The van der Waals surface area contributed by atoms with E-state index in [0.717, 1.165) is 43.2 Å². The number of methoxy groups -OCH3 is 1. The number of carboxylic acids is 1. The number of rotatable bonds is 7. The molecular weight excluding hydrogens is 508 g/mol. The van der Waals surface area contributed by atoms with Crippen LogP contribution < -0.4 is 4.74 Å². The topological polar surface area (TPSA) is 102 Å². The molecule has 0 aromatic heterocycles. The van der Waals surface area contributed by atoms with Gasteiger partial charge in [0.1, 0.15) is 0 Å². The fourth-order valence-electron chi connectivity index (χ4n) is 9.45. The van der Waals surface area contributed by atoms with Crippen LogP contribution in [0.1, 0.15) is 94.6 Å². The molecule has 7 atom stereocenters. The highest BCUT2D eigenvalue weighted by molar-refractivity contribution is 6.10. The number of carbonyl (C=O) groups is 2. The lowest BCUT2D eigenvalue weighted by Gasteiger charge is -2.66. The normalized spacial score (nSPS) is 38.4. The molecule has 7 heteroatoms. The standard InChI is InChI=1S/C33H46O7/c1-19-16-33(6)21-14-24(35)28(40-18-39-13-12-38-7)20(2)26(21)23(34)15-25(33)32(5)11-10-30(3)8-9-31(4,29(36)37)17-22(30)27(19)32/h14-15,19,22,27,35H,8-13,16-18H2,1-7H3,(H,36,37). The first kappa shape index (κ1) is 29.1. The summed E-state index contributed by atoms with van der Waals surface area (Å²) < 4.78 is 16.2. The van der Waals surface area contributed by atoms with E-state index in [1.54, 1.807) is 13.2 Å². The molecule has 7 unspecified atom stereocenters. The number of phenols is 1. The maximum absolute atomic E-state index is 13.9. The van der Waals surface area contributed by atoms with Crippen molar-refractivity contribution in [2.24, 2.45) is 34.0 Å². The van der Waals surface area contributed by atoms with Gasteiger partial charge in [-0.1, -0.05) is 27.7 Å². The maximum atomic E-state index is 13.9. The first-order valence-electron chi connectivity index (χ1n) is 14.8. The predicted octanol–water partition coefficient (Wildman–Crippen LogP) is 6.43. The maximum Gasteiger partial charge on any atom is 0.309 e. The molecule has 2 N–H and O–H groups in total. The number of carbonyl (C=O) groups excluding carboxylic acids is 1. The third-order valence-electron chi connectivity index (χ3n) is 11.6. The largest absolute Gasteiger partial charge is 0.504 e. The van der Waals surface area contributed by atoms with E-state index >= 15 is 0 Å². The van der Waals surface area contributed by atoms with Crippen LogP contribution in [0, 0.1) is 40.9 Å². The Morgan fingerprint density at radius 1 is 1.07 bits per heavy atom. The fraction of sp³-hybridized carbons (Fsp3) is 0.697. The third kappa shape index (κ3) is 4.22. The minimum atomic E-state index is -0.709. The van der Waals surface area contributed by atoms with E-state index in [-0.39, 0.29) is 40.8 Å². The number of hydrogen-bond donors (Lipinski definition) is 2. The Morgan fingerprint density at radius 2 is 1.77 bits per heavy atom. The minimum absolute atomic E-state index is 0.0162. The first-order valence-corrected chi connectivity index (χ1v) is 14.8. The summed E-state index contributed by atoms with van der Waals surface area (Å²) in [6.07, 6.45) is 7.07. The Hall–Kier alpha value is -2.38. The van der Waals surface area contributed by atoms with Gasteiger partial charge in [-0.25, -0.2) is 0 Å². The molecule has 0 aliphatic heterocycles. The van der Waals surface area contributed by atoms with Gasteiger partial charge >= 0.3 is 5.97 Å². The molecule has 0 saturated heterocycles. The predicted molar refractivity (Wildman–Crippen MR) is 152 cm³/mol. The number of benzene rings is 1. The number of allylic oxidation sites excluding steroid dienone is 2. The van der Waals surface area contributed by atoms with E-state index in [1.165, 1.54) is 0 Å². The van der Waals surface area contributed by atoms with Crippen molar-refractivity contribution >= 4 is 11.8 Å². The molecule has 0 spiro atoms. The average molecular weight is 555 g/mol. The number of ketones is 1. The van der Waals surface area contributed by atoms with Crippen molar-refractivity contribution in [1.29, 1.82) is 0 Å². The van der Waals surface area contributed by atoms with Gasteiger partial charge in [-0.15, -0.1) is 0 Å². The average Bonchev–Trinajstić information content (AvgIpc) is 2.88. The summed E-state index contributed by atoms with van der Waals surface area (Å²) in [4.78, 5) is 26.2. The molecule has 3 saturated carbocycles. The number of carboxylic acid groups (broad SMARTS) is 1. The lowest BCUT2D eigenvalue weighted by molar-refractivity contribution is -0.163. The highest BCUT2D eigenvalue weighted by Gasteiger charge is 2.64. The molecule has 1 aromatic rings. The summed E-state index contributed by atoms with van der Waals surface area (Å²) in [7, 11) is 1.60. The van der Waals surface area contributed by atoms with Crippen molar-refractivity contribution in [3.63, 3.8) is 0 Å². The SMILES string of the molecule is COCCOCOc1c(O)cc2c(c1C)C(=O)C=C1C2(C)CC(C)C2C3CC(C)(C(=O)O)CCC3(C)CCC12C. The molecule has 0 amide bonds. The van der Waals surface area contributed by atoms with Gasteiger partial charge in [0.2, 0.25) is 0 Å². The van der Waals surface area contributed by atoms with Gasteiger partial charge in [-0.2, -0.15) is 0 Å². The van der Waals surface area contributed by atoms with Crippen LogP contribution in [0.2, 0.25) is 0 Å².